The first-order valence-electron chi connectivity index (χ1n) is 6.65. The van der Waals surface area contributed by atoms with Gasteiger partial charge in [-0.1, -0.05) is 0 Å². The monoisotopic (exact) mass is 310 g/mol. The SMILES string of the molecule is CC(C(=O)NCC(F)(F)F)N1CCNCC1C(=O)N(C)C. The number of alkyl halides is 3. The molecule has 122 valence electrons. The van der Waals surface area contributed by atoms with Gasteiger partial charge >= 0.3 is 6.18 Å². The molecular weight excluding hydrogens is 289 g/mol. The van der Waals surface area contributed by atoms with E-state index in [1.807, 2.05) is 5.32 Å². The van der Waals surface area contributed by atoms with Crippen LogP contribution < -0.4 is 10.6 Å². The molecule has 2 unspecified atom stereocenters. The number of hydrogen-bond donors (Lipinski definition) is 2. The fourth-order valence-corrected chi connectivity index (χ4v) is 2.20. The summed E-state index contributed by atoms with van der Waals surface area (Å²) in [5.41, 5.74) is 0. The van der Waals surface area contributed by atoms with Crippen molar-refractivity contribution >= 4 is 11.8 Å². The summed E-state index contributed by atoms with van der Waals surface area (Å²) in [6.45, 7) is 1.51. The Balaban J connectivity index is 2.70. The van der Waals surface area contributed by atoms with Crippen LogP contribution in [0.5, 0.6) is 0 Å². The van der Waals surface area contributed by atoms with Crippen molar-refractivity contribution in [2.24, 2.45) is 0 Å². The summed E-state index contributed by atoms with van der Waals surface area (Å²) in [5.74, 6) is -0.913. The van der Waals surface area contributed by atoms with Crippen molar-refractivity contribution < 1.29 is 22.8 Å². The van der Waals surface area contributed by atoms with Gasteiger partial charge in [0.2, 0.25) is 11.8 Å². The standard InChI is InChI=1S/C12H21F3N4O2/c1-8(10(20)17-7-12(13,14)15)19-5-4-16-6-9(19)11(21)18(2)3/h8-9,16H,4-7H2,1-3H3,(H,17,20). The van der Waals surface area contributed by atoms with Crippen molar-refractivity contribution in [3.8, 4) is 0 Å². The van der Waals surface area contributed by atoms with Crippen LogP contribution in [0.3, 0.4) is 0 Å². The Morgan fingerprint density at radius 1 is 1.43 bits per heavy atom. The molecule has 9 heteroatoms. The average Bonchev–Trinajstić information content (AvgIpc) is 2.42. The number of likely N-dealkylation sites (N-methyl/N-ethyl adjacent to an activating group) is 1. The molecule has 6 nitrogen and oxygen atoms in total. The molecule has 2 amide bonds. The Morgan fingerprint density at radius 2 is 2.05 bits per heavy atom. The third-order valence-electron chi connectivity index (χ3n) is 3.35. The van der Waals surface area contributed by atoms with Crippen LogP contribution >= 0.6 is 0 Å². The number of nitrogens with one attached hydrogen (secondary N) is 2. The Labute approximate surface area is 121 Å². The second kappa shape index (κ2) is 7.08. The fourth-order valence-electron chi connectivity index (χ4n) is 2.20. The molecule has 2 atom stereocenters. The molecule has 1 aliphatic heterocycles. The summed E-state index contributed by atoms with van der Waals surface area (Å²) in [4.78, 5) is 27.0. The van der Waals surface area contributed by atoms with Gasteiger partial charge in [0.15, 0.2) is 0 Å². The number of carbonyl (C=O) groups excluding carboxylic acids is 2. The molecule has 21 heavy (non-hydrogen) atoms. The van der Waals surface area contributed by atoms with E-state index in [-0.39, 0.29) is 5.91 Å². The smallest absolute Gasteiger partial charge is 0.347 e. The average molecular weight is 310 g/mol. The lowest BCUT2D eigenvalue weighted by molar-refractivity contribution is -0.145. The molecule has 0 aromatic heterocycles. The van der Waals surface area contributed by atoms with E-state index in [0.29, 0.717) is 19.6 Å². The van der Waals surface area contributed by atoms with Gasteiger partial charge in [0, 0.05) is 33.7 Å². The van der Waals surface area contributed by atoms with E-state index in [2.05, 4.69) is 5.32 Å². The maximum atomic E-state index is 12.1. The van der Waals surface area contributed by atoms with Crippen LogP contribution in [0.2, 0.25) is 0 Å². The van der Waals surface area contributed by atoms with Crippen molar-refractivity contribution in [2.75, 3.05) is 40.3 Å². The highest BCUT2D eigenvalue weighted by Crippen LogP contribution is 2.14. The molecule has 0 aromatic carbocycles. The largest absolute Gasteiger partial charge is 0.405 e. The Morgan fingerprint density at radius 3 is 2.57 bits per heavy atom. The minimum atomic E-state index is -4.45. The van der Waals surface area contributed by atoms with E-state index in [1.54, 1.807) is 19.0 Å². The van der Waals surface area contributed by atoms with E-state index in [1.165, 1.54) is 11.8 Å². The van der Waals surface area contributed by atoms with Crippen molar-refractivity contribution in [1.29, 1.82) is 0 Å². The molecule has 1 fully saturated rings. The molecule has 0 saturated carbocycles. The number of carbonyl (C=O) groups is 2. The normalized spacial score (nSPS) is 21.7. The van der Waals surface area contributed by atoms with Crippen LogP contribution in [0, 0.1) is 0 Å². The van der Waals surface area contributed by atoms with Gasteiger partial charge in [0.05, 0.1) is 6.04 Å². The lowest BCUT2D eigenvalue weighted by Crippen LogP contribution is -2.62. The summed E-state index contributed by atoms with van der Waals surface area (Å²) in [6.07, 6.45) is -4.45. The third kappa shape index (κ3) is 5.16. The minimum Gasteiger partial charge on any atom is -0.347 e. The summed E-state index contributed by atoms with van der Waals surface area (Å²) >= 11 is 0. The van der Waals surface area contributed by atoms with Crippen molar-refractivity contribution in [1.82, 2.24) is 20.4 Å². The predicted molar refractivity (Wildman–Crippen MR) is 70.6 cm³/mol. The van der Waals surface area contributed by atoms with Gasteiger partial charge < -0.3 is 15.5 Å². The Hall–Kier alpha value is -1.35. The lowest BCUT2D eigenvalue weighted by Gasteiger charge is -2.39. The molecule has 0 aliphatic carbocycles. The Bertz CT molecular complexity index is 387. The summed E-state index contributed by atoms with van der Waals surface area (Å²) in [6, 6.07) is -1.36. The number of hydrogen-bond acceptors (Lipinski definition) is 4. The van der Waals surface area contributed by atoms with Crippen LogP contribution in [0.4, 0.5) is 13.2 Å². The maximum absolute atomic E-state index is 12.1. The first-order chi connectivity index (χ1) is 9.63. The number of amides is 2. The highest BCUT2D eigenvalue weighted by molar-refractivity contribution is 5.85. The second-order valence-electron chi connectivity index (χ2n) is 5.20. The topological polar surface area (TPSA) is 64.7 Å². The predicted octanol–water partition coefficient (Wildman–Crippen LogP) is -0.585. The number of halogens is 3. The fraction of sp³-hybridized carbons (Fsp3) is 0.833. The lowest BCUT2D eigenvalue weighted by atomic mass is 10.1. The third-order valence-corrected chi connectivity index (χ3v) is 3.35. The molecule has 0 aromatic rings. The van der Waals surface area contributed by atoms with Crippen LogP contribution in [-0.2, 0) is 9.59 Å². The zero-order valence-electron chi connectivity index (χ0n) is 12.3. The first kappa shape index (κ1) is 17.7. The highest BCUT2D eigenvalue weighted by Gasteiger charge is 2.36. The van der Waals surface area contributed by atoms with E-state index >= 15 is 0 Å². The molecule has 0 spiro atoms. The van der Waals surface area contributed by atoms with Gasteiger partial charge in [0.25, 0.3) is 0 Å². The molecule has 1 heterocycles. The van der Waals surface area contributed by atoms with E-state index in [9.17, 15) is 22.8 Å². The zero-order chi connectivity index (χ0) is 16.2. The molecule has 1 saturated heterocycles. The summed E-state index contributed by atoms with van der Waals surface area (Å²) in [5, 5.41) is 4.91. The van der Waals surface area contributed by atoms with Gasteiger partial charge in [-0.05, 0) is 6.92 Å². The van der Waals surface area contributed by atoms with Crippen LogP contribution in [0.15, 0.2) is 0 Å². The minimum absolute atomic E-state index is 0.183. The maximum Gasteiger partial charge on any atom is 0.405 e. The van der Waals surface area contributed by atoms with E-state index in [4.69, 9.17) is 0 Å². The van der Waals surface area contributed by atoms with Crippen molar-refractivity contribution in [3.63, 3.8) is 0 Å². The molecule has 0 radical (unpaired) electrons. The van der Waals surface area contributed by atoms with Gasteiger partial charge in [0.1, 0.15) is 12.6 Å². The quantitative estimate of drug-likeness (QED) is 0.729. The van der Waals surface area contributed by atoms with Crippen LogP contribution in [-0.4, -0.2) is 80.1 Å². The van der Waals surface area contributed by atoms with E-state index < -0.39 is 30.7 Å². The van der Waals surface area contributed by atoms with Gasteiger partial charge in [-0.3, -0.25) is 14.5 Å². The van der Waals surface area contributed by atoms with Gasteiger partial charge in [-0.2, -0.15) is 13.2 Å². The highest BCUT2D eigenvalue weighted by atomic mass is 19.4. The zero-order valence-corrected chi connectivity index (χ0v) is 12.3. The summed E-state index contributed by atoms with van der Waals surface area (Å²) in [7, 11) is 3.20. The summed E-state index contributed by atoms with van der Waals surface area (Å²) < 4.78 is 36.4. The van der Waals surface area contributed by atoms with Gasteiger partial charge in [-0.25, -0.2) is 0 Å². The van der Waals surface area contributed by atoms with Gasteiger partial charge in [-0.15, -0.1) is 0 Å². The second-order valence-corrected chi connectivity index (χ2v) is 5.20. The van der Waals surface area contributed by atoms with E-state index in [0.717, 1.165) is 0 Å². The number of piperazine rings is 1. The number of nitrogens with zero attached hydrogens (tertiary/aromatic N) is 2. The molecule has 1 rings (SSSR count). The van der Waals surface area contributed by atoms with Crippen LogP contribution in [0.25, 0.3) is 0 Å². The molecule has 0 bridgehead atoms. The number of rotatable bonds is 4. The Kier molecular flexibility index (Phi) is 5.97. The molecule has 1 aliphatic rings. The van der Waals surface area contributed by atoms with Crippen LogP contribution in [0.1, 0.15) is 6.92 Å². The molecular formula is C12H21F3N4O2. The molecule has 2 N–H and O–H groups in total. The van der Waals surface area contributed by atoms with Crippen molar-refractivity contribution in [3.05, 3.63) is 0 Å². The van der Waals surface area contributed by atoms with Crippen molar-refractivity contribution in [2.45, 2.75) is 25.2 Å². The first-order valence-corrected chi connectivity index (χ1v) is 6.65.